The highest BCUT2D eigenvalue weighted by Gasteiger charge is 2.15. The molecule has 0 aliphatic rings. The smallest absolute Gasteiger partial charge is 0.274 e. The number of nitrogens with one attached hydrogen (secondary N) is 1. The number of nitrogens with zero attached hydrogens (tertiary/aromatic N) is 1. The molecule has 1 N–H and O–H groups in total. The molecule has 6 nitrogen and oxygen atoms in total. The third-order valence-corrected chi connectivity index (χ3v) is 3.52. The van der Waals surface area contributed by atoms with Crippen LogP contribution in [0.25, 0.3) is 0 Å². The van der Waals surface area contributed by atoms with Crippen molar-refractivity contribution in [2.75, 3.05) is 11.9 Å². The van der Waals surface area contributed by atoms with Gasteiger partial charge in [-0.15, -0.1) is 0 Å². The molecule has 0 spiro atoms. The lowest BCUT2D eigenvalue weighted by atomic mass is 10.1. The van der Waals surface area contributed by atoms with E-state index < -0.39 is 23.3 Å². The number of nitro benzene ring substituents is 1. The summed E-state index contributed by atoms with van der Waals surface area (Å²) in [6.45, 7) is 1.11. The predicted octanol–water partition coefficient (Wildman–Crippen LogP) is 3.82. The second-order valence-electron chi connectivity index (χ2n) is 4.62. The highest BCUT2D eigenvalue weighted by atomic mass is 79.9. The van der Waals surface area contributed by atoms with E-state index in [1.54, 1.807) is 12.1 Å². The summed E-state index contributed by atoms with van der Waals surface area (Å²) in [5.74, 6) is -1.20. The van der Waals surface area contributed by atoms with Crippen LogP contribution in [0.15, 0.2) is 40.9 Å². The van der Waals surface area contributed by atoms with Crippen LogP contribution in [0.3, 0.4) is 0 Å². The van der Waals surface area contributed by atoms with Crippen LogP contribution in [0.1, 0.15) is 5.56 Å². The second-order valence-corrected chi connectivity index (χ2v) is 5.53. The van der Waals surface area contributed by atoms with Gasteiger partial charge in [0.15, 0.2) is 18.2 Å². The first-order valence-corrected chi connectivity index (χ1v) is 7.29. The molecular weight excluding hydrogens is 371 g/mol. The van der Waals surface area contributed by atoms with Crippen LogP contribution in [0.5, 0.6) is 5.75 Å². The Bertz CT molecular complexity index is 767. The van der Waals surface area contributed by atoms with Crippen molar-refractivity contribution in [1.29, 1.82) is 0 Å². The summed E-state index contributed by atoms with van der Waals surface area (Å²) in [7, 11) is 0. The number of amides is 1. The average molecular weight is 383 g/mol. The van der Waals surface area contributed by atoms with Crippen LogP contribution in [0, 0.1) is 22.9 Å². The fourth-order valence-corrected chi connectivity index (χ4v) is 2.21. The van der Waals surface area contributed by atoms with Gasteiger partial charge in [0.05, 0.1) is 16.2 Å². The number of halogens is 2. The minimum Gasteiger partial charge on any atom is -0.481 e. The van der Waals surface area contributed by atoms with Gasteiger partial charge < -0.3 is 10.1 Å². The molecule has 23 heavy (non-hydrogen) atoms. The zero-order valence-corrected chi connectivity index (χ0v) is 13.6. The van der Waals surface area contributed by atoms with E-state index in [1.165, 1.54) is 31.2 Å². The van der Waals surface area contributed by atoms with Crippen LogP contribution in [0.4, 0.5) is 15.8 Å². The van der Waals surface area contributed by atoms with E-state index >= 15 is 0 Å². The quantitative estimate of drug-likeness (QED) is 0.629. The molecule has 0 atom stereocenters. The van der Waals surface area contributed by atoms with Gasteiger partial charge in [0.2, 0.25) is 0 Å². The van der Waals surface area contributed by atoms with Gasteiger partial charge in [-0.2, -0.15) is 0 Å². The molecule has 0 bridgehead atoms. The molecule has 0 fully saturated rings. The van der Waals surface area contributed by atoms with Crippen molar-refractivity contribution in [3.05, 3.63) is 62.4 Å². The Kier molecular flexibility index (Phi) is 5.28. The molecular formula is C15H12BrFN2O4. The second kappa shape index (κ2) is 7.19. The largest absolute Gasteiger partial charge is 0.481 e. The summed E-state index contributed by atoms with van der Waals surface area (Å²) in [5.41, 5.74) is 0.549. The molecule has 0 saturated carbocycles. The van der Waals surface area contributed by atoms with E-state index in [9.17, 15) is 19.3 Å². The van der Waals surface area contributed by atoms with Crippen molar-refractivity contribution < 1.29 is 18.8 Å². The molecule has 0 unspecified atom stereocenters. The summed E-state index contributed by atoms with van der Waals surface area (Å²) in [5, 5.41) is 13.4. The maximum Gasteiger partial charge on any atom is 0.274 e. The highest BCUT2D eigenvalue weighted by molar-refractivity contribution is 9.10. The molecule has 1 amide bonds. The Morgan fingerprint density at radius 3 is 2.78 bits per heavy atom. The van der Waals surface area contributed by atoms with Gasteiger partial charge in [-0.05, 0) is 31.2 Å². The fourth-order valence-electron chi connectivity index (χ4n) is 1.88. The molecule has 0 aromatic heterocycles. The van der Waals surface area contributed by atoms with Crippen molar-refractivity contribution >= 4 is 33.2 Å². The van der Waals surface area contributed by atoms with Crippen LogP contribution < -0.4 is 10.1 Å². The average Bonchev–Trinajstić information content (AvgIpc) is 2.48. The zero-order chi connectivity index (χ0) is 17.0. The highest BCUT2D eigenvalue weighted by Crippen LogP contribution is 2.25. The summed E-state index contributed by atoms with van der Waals surface area (Å²) >= 11 is 3.12. The first-order valence-electron chi connectivity index (χ1n) is 6.50. The number of hydrogen-bond acceptors (Lipinski definition) is 4. The summed E-state index contributed by atoms with van der Waals surface area (Å²) < 4.78 is 19.2. The third kappa shape index (κ3) is 4.26. The topological polar surface area (TPSA) is 81.5 Å². The lowest BCUT2D eigenvalue weighted by Gasteiger charge is -2.10. The molecule has 2 aromatic carbocycles. The van der Waals surface area contributed by atoms with Crippen LogP contribution >= 0.6 is 15.9 Å². The van der Waals surface area contributed by atoms with E-state index in [-0.39, 0.29) is 11.4 Å². The number of nitro groups is 1. The number of hydrogen-bond donors (Lipinski definition) is 1. The number of benzene rings is 2. The normalized spacial score (nSPS) is 10.2. The van der Waals surface area contributed by atoms with Gasteiger partial charge in [-0.3, -0.25) is 14.9 Å². The van der Waals surface area contributed by atoms with Gasteiger partial charge in [0.1, 0.15) is 0 Å². The van der Waals surface area contributed by atoms with Gasteiger partial charge >= 0.3 is 0 Å². The van der Waals surface area contributed by atoms with Crippen molar-refractivity contribution in [3.63, 3.8) is 0 Å². The molecule has 0 saturated heterocycles. The third-order valence-electron chi connectivity index (χ3n) is 3.03. The van der Waals surface area contributed by atoms with Gasteiger partial charge in [0.25, 0.3) is 11.6 Å². The lowest BCUT2D eigenvalue weighted by molar-refractivity contribution is -0.385. The molecule has 8 heteroatoms. The Morgan fingerprint density at radius 1 is 1.39 bits per heavy atom. The molecule has 0 heterocycles. The summed E-state index contributed by atoms with van der Waals surface area (Å²) in [6, 6.07) is 8.55. The number of carbonyl (C=O) groups is 1. The maximum absolute atomic E-state index is 13.6. The molecule has 0 aliphatic carbocycles. The minimum absolute atomic E-state index is 0.0564. The molecule has 0 aliphatic heterocycles. The van der Waals surface area contributed by atoms with Crippen molar-refractivity contribution in [2.24, 2.45) is 0 Å². The van der Waals surface area contributed by atoms with Crippen molar-refractivity contribution in [2.45, 2.75) is 6.92 Å². The van der Waals surface area contributed by atoms with Crippen molar-refractivity contribution in [1.82, 2.24) is 0 Å². The summed E-state index contributed by atoms with van der Waals surface area (Å²) in [4.78, 5) is 22.2. The monoisotopic (exact) mass is 382 g/mol. The fraction of sp³-hybridized carbons (Fsp3) is 0.133. The Hall–Kier alpha value is -2.48. The van der Waals surface area contributed by atoms with E-state index in [4.69, 9.17) is 4.74 Å². The van der Waals surface area contributed by atoms with Crippen LogP contribution in [-0.2, 0) is 4.79 Å². The predicted molar refractivity (Wildman–Crippen MR) is 86.1 cm³/mol. The number of carbonyl (C=O) groups excluding carboxylic acids is 1. The molecule has 0 radical (unpaired) electrons. The van der Waals surface area contributed by atoms with Gasteiger partial charge in [0, 0.05) is 10.5 Å². The molecule has 120 valence electrons. The van der Waals surface area contributed by atoms with E-state index in [1.807, 2.05) is 0 Å². The molecule has 2 rings (SSSR count). The Balaban J connectivity index is 2.03. The standard InChI is InChI=1S/C15H12BrFN2O4/c1-9-12(3-2-4-13(9)19(21)22)18-15(20)8-23-14-6-5-10(16)7-11(14)17/h2-7H,8H2,1H3,(H,18,20). The molecule has 2 aromatic rings. The van der Waals surface area contributed by atoms with Crippen molar-refractivity contribution in [3.8, 4) is 5.75 Å². The summed E-state index contributed by atoms with van der Waals surface area (Å²) in [6.07, 6.45) is 0. The van der Waals surface area contributed by atoms with Crippen LogP contribution in [-0.4, -0.2) is 17.4 Å². The number of rotatable bonds is 5. The first kappa shape index (κ1) is 16.9. The van der Waals surface area contributed by atoms with E-state index in [0.29, 0.717) is 15.7 Å². The van der Waals surface area contributed by atoms with Gasteiger partial charge in [-0.25, -0.2) is 4.39 Å². The lowest BCUT2D eigenvalue weighted by Crippen LogP contribution is -2.21. The maximum atomic E-state index is 13.6. The minimum atomic E-state index is -0.598. The van der Waals surface area contributed by atoms with Crippen LogP contribution in [0.2, 0.25) is 0 Å². The Morgan fingerprint density at radius 2 is 2.13 bits per heavy atom. The Labute approximate surface area is 139 Å². The van der Waals surface area contributed by atoms with Gasteiger partial charge in [-0.1, -0.05) is 22.0 Å². The SMILES string of the molecule is Cc1c(NC(=O)COc2ccc(Br)cc2F)cccc1[N+](=O)[O-]. The van der Waals surface area contributed by atoms with E-state index in [0.717, 1.165) is 0 Å². The number of ether oxygens (including phenoxy) is 1. The zero-order valence-electron chi connectivity index (χ0n) is 12.0. The van der Waals surface area contributed by atoms with E-state index in [2.05, 4.69) is 21.2 Å². The number of anilines is 1. The first-order chi connectivity index (χ1) is 10.9.